The van der Waals surface area contributed by atoms with Crippen LogP contribution in [0.3, 0.4) is 0 Å². The lowest BCUT2D eigenvalue weighted by molar-refractivity contribution is -0.267. The van der Waals surface area contributed by atoms with Crippen molar-refractivity contribution in [2.24, 2.45) is 0 Å². The molecule has 1 fully saturated rings. The largest absolute Gasteiger partial charge is 0.383 e. The quantitative estimate of drug-likeness (QED) is 0.131. The molecule has 8 heteroatoms. The molecule has 1 saturated heterocycles. The van der Waals surface area contributed by atoms with Crippen LogP contribution in [0.1, 0.15) is 58.2 Å². The maximum Gasteiger partial charge on any atom is 0.117 e. The third-order valence-corrected chi connectivity index (χ3v) is 10.4. The van der Waals surface area contributed by atoms with Gasteiger partial charge in [-0.25, -0.2) is 0 Å². The van der Waals surface area contributed by atoms with E-state index in [1.807, 2.05) is 97.1 Å². The molecule has 0 spiro atoms. The number of rotatable bonds is 13. The first-order chi connectivity index (χ1) is 23.0. The van der Waals surface area contributed by atoms with Crippen LogP contribution in [0, 0.1) is 0 Å². The Morgan fingerprint density at radius 3 is 1.77 bits per heavy atom. The second-order valence-corrected chi connectivity index (χ2v) is 14.5. The Labute approximate surface area is 294 Å². The lowest BCUT2D eigenvalue weighted by Gasteiger charge is -2.46. The number of hydrogen-bond acceptors (Lipinski definition) is 6. The first-order valence-electron chi connectivity index (χ1n) is 15.8. The van der Waals surface area contributed by atoms with Gasteiger partial charge in [0, 0.05) is 15.5 Å². The molecular weight excluding hydrogens is 696 g/mol. The van der Waals surface area contributed by atoms with Crippen LogP contribution in [0.25, 0.3) is 0 Å². The summed E-state index contributed by atoms with van der Waals surface area (Å²) in [5.41, 5.74) is 4.64. The Balaban J connectivity index is 1.37. The molecule has 1 aliphatic heterocycles. The van der Waals surface area contributed by atoms with Crippen LogP contribution in [-0.4, -0.2) is 29.5 Å². The average Bonchev–Trinajstić information content (AvgIpc) is 3.56. The minimum atomic E-state index is -0.889. The van der Waals surface area contributed by atoms with E-state index in [1.165, 1.54) is 11.3 Å². The van der Waals surface area contributed by atoms with Crippen molar-refractivity contribution in [2.45, 2.75) is 69.8 Å². The maximum atomic E-state index is 11.4. The molecule has 244 valence electrons. The van der Waals surface area contributed by atoms with Gasteiger partial charge in [-0.2, -0.15) is 0 Å². The van der Waals surface area contributed by atoms with Gasteiger partial charge in [-0.1, -0.05) is 116 Å². The molecule has 6 atom stereocenters. The van der Waals surface area contributed by atoms with Gasteiger partial charge < -0.3 is 24.1 Å². The van der Waals surface area contributed by atoms with Crippen molar-refractivity contribution in [3.05, 3.63) is 163 Å². The fraction of sp³-hybridized carbons (Fsp3) is 0.282. The maximum absolute atomic E-state index is 11.4. The van der Waals surface area contributed by atoms with E-state index in [9.17, 15) is 5.11 Å². The zero-order valence-corrected chi connectivity index (χ0v) is 29.2. The molecule has 0 bridgehead atoms. The van der Waals surface area contributed by atoms with Crippen molar-refractivity contribution >= 4 is 38.9 Å². The van der Waals surface area contributed by atoms with Crippen molar-refractivity contribution < 1.29 is 24.1 Å². The van der Waals surface area contributed by atoms with Crippen LogP contribution in [0.4, 0.5) is 0 Å². The number of thiophene rings is 1. The van der Waals surface area contributed by atoms with Gasteiger partial charge in [0.25, 0.3) is 0 Å². The van der Waals surface area contributed by atoms with E-state index in [1.54, 1.807) is 0 Å². The molecule has 0 amide bonds. The van der Waals surface area contributed by atoms with Gasteiger partial charge in [0.05, 0.1) is 29.7 Å². The van der Waals surface area contributed by atoms with Crippen LogP contribution in [0.15, 0.2) is 125 Å². The standard InChI is InChI=1S/C39H38BrClO5S/c1-2-32-37(43-23-26-12-6-3-7-13-26)39(45-25-28-16-10-5-11-17-28)38(44-24-27-14-8-4-9-15-27)36(46-32)29-18-19-31(41)30(22-29)35(42)33-20-21-34(40)47-33/h3-22,32,35-39,42H,2,23-25H2,1H3/t32-,35?,36?,37-,38+,39+/m1/s1. The number of ether oxygens (including phenoxy) is 4. The topological polar surface area (TPSA) is 57.2 Å². The summed E-state index contributed by atoms with van der Waals surface area (Å²) in [4.78, 5) is 0.794. The monoisotopic (exact) mass is 732 g/mol. The molecule has 0 radical (unpaired) electrons. The minimum absolute atomic E-state index is 0.279. The van der Waals surface area contributed by atoms with Crippen molar-refractivity contribution in [1.82, 2.24) is 0 Å². The number of halogens is 2. The summed E-state index contributed by atoms with van der Waals surface area (Å²) in [6.07, 6.45) is -2.38. The fourth-order valence-electron chi connectivity index (χ4n) is 5.96. The lowest BCUT2D eigenvalue weighted by atomic mass is 9.88. The van der Waals surface area contributed by atoms with Gasteiger partial charge in [-0.15, -0.1) is 11.3 Å². The predicted octanol–water partition coefficient (Wildman–Crippen LogP) is 9.85. The molecule has 0 saturated carbocycles. The van der Waals surface area contributed by atoms with Gasteiger partial charge >= 0.3 is 0 Å². The highest BCUT2D eigenvalue weighted by Crippen LogP contribution is 2.42. The number of aliphatic hydroxyl groups excluding tert-OH is 1. The highest BCUT2D eigenvalue weighted by atomic mass is 79.9. The van der Waals surface area contributed by atoms with Crippen molar-refractivity contribution in [3.8, 4) is 0 Å². The molecule has 5 aromatic rings. The summed E-state index contributed by atoms with van der Waals surface area (Å²) in [6, 6.07) is 39.9. The number of aliphatic hydroxyl groups is 1. The normalized spacial score (nSPS) is 21.8. The molecule has 0 aliphatic carbocycles. The third kappa shape index (κ3) is 8.60. The Hall–Kier alpha value is -2.85. The Kier molecular flexibility index (Phi) is 12.0. The Bertz CT molecular complexity index is 1690. The predicted molar refractivity (Wildman–Crippen MR) is 190 cm³/mol. The number of hydrogen-bond donors (Lipinski definition) is 1. The van der Waals surface area contributed by atoms with E-state index in [0.717, 1.165) is 30.9 Å². The van der Waals surface area contributed by atoms with E-state index in [2.05, 4.69) is 47.1 Å². The summed E-state index contributed by atoms with van der Waals surface area (Å²) in [5.74, 6) is 0. The molecule has 6 rings (SSSR count). The second-order valence-electron chi connectivity index (χ2n) is 11.6. The zero-order valence-electron chi connectivity index (χ0n) is 26.1. The molecule has 5 nitrogen and oxygen atoms in total. The average molecular weight is 734 g/mol. The van der Waals surface area contributed by atoms with Gasteiger partial charge in [0.15, 0.2) is 0 Å². The van der Waals surface area contributed by atoms with Gasteiger partial charge in [-0.3, -0.25) is 0 Å². The molecule has 47 heavy (non-hydrogen) atoms. The van der Waals surface area contributed by atoms with Crippen LogP contribution < -0.4 is 0 Å². The molecule has 1 aliphatic rings. The van der Waals surface area contributed by atoms with Gasteiger partial charge in [0.1, 0.15) is 30.5 Å². The summed E-state index contributed by atoms with van der Waals surface area (Å²) >= 11 is 11.7. The first-order valence-corrected chi connectivity index (χ1v) is 17.8. The van der Waals surface area contributed by atoms with Gasteiger partial charge in [-0.05, 0) is 68.9 Å². The molecule has 2 unspecified atom stereocenters. The molecular formula is C39H38BrClO5S. The van der Waals surface area contributed by atoms with E-state index in [-0.39, 0.29) is 6.10 Å². The van der Waals surface area contributed by atoms with E-state index < -0.39 is 30.5 Å². The fourth-order valence-corrected chi connectivity index (χ4v) is 7.61. The molecule has 1 aromatic heterocycles. The van der Waals surface area contributed by atoms with Crippen LogP contribution in [0.2, 0.25) is 5.02 Å². The Morgan fingerprint density at radius 2 is 1.26 bits per heavy atom. The summed E-state index contributed by atoms with van der Waals surface area (Å²) < 4.78 is 28.2. The van der Waals surface area contributed by atoms with E-state index in [0.29, 0.717) is 36.8 Å². The first kappa shape index (κ1) is 34.0. The summed E-state index contributed by atoms with van der Waals surface area (Å²) in [5, 5.41) is 11.9. The summed E-state index contributed by atoms with van der Waals surface area (Å²) in [6.45, 7) is 3.28. The SMILES string of the molecule is CC[C@H]1OC(c2ccc(Cl)c(C(O)c3ccc(Br)s3)c2)[C@H](OCc2ccccc2)[C@@H](OCc2ccccc2)[C@@H]1OCc1ccccc1. The highest BCUT2D eigenvalue weighted by molar-refractivity contribution is 9.11. The van der Waals surface area contributed by atoms with Crippen molar-refractivity contribution in [3.63, 3.8) is 0 Å². The van der Waals surface area contributed by atoms with E-state index >= 15 is 0 Å². The third-order valence-electron chi connectivity index (χ3n) is 8.40. The highest BCUT2D eigenvalue weighted by Gasteiger charge is 2.48. The zero-order chi connectivity index (χ0) is 32.6. The van der Waals surface area contributed by atoms with E-state index in [4.69, 9.17) is 30.5 Å². The lowest BCUT2D eigenvalue weighted by Crippen LogP contribution is -2.57. The molecule has 2 heterocycles. The van der Waals surface area contributed by atoms with Crippen LogP contribution in [0.5, 0.6) is 0 Å². The van der Waals surface area contributed by atoms with Gasteiger partial charge in [0.2, 0.25) is 0 Å². The smallest absolute Gasteiger partial charge is 0.117 e. The number of benzene rings is 4. The van der Waals surface area contributed by atoms with Crippen LogP contribution in [-0.2, 0) is 38.8 Å². The molecule has 4 aromatic carbocycles. The summed E-state index contributed by atoms with van der Waals surface area (Å²) in [7, 11) is 0. The van der Waals surface area contributed by atoms with Crippen molar-refractivity contribution in [1.29, 1.82) is 0 Å². The second kappa shape index (κ2) is 16.5. The van der Waals surface area contributed by atoms with Crippen LogP contribution >= 0.6 is 38.9 Å². The van der Waals surface area contributed by atoms with Crippen molar-refractivity contribution in [2.75, 3.05) is 0 Å². The molecule has 1 N–H and O–H groups in total. The Morgan fingerprint density at radius 1 is 0.723 bits per heavy atom. The minimum Gasteiger partial charge on any atom is -0.383 e.